The van der Waals surface area contributed by atoms with Crippen molar-refractivity contribution in [1.29, 1.82) is 11.1 Å². The molecule has 9 heavy (non-hydrogen) atoms. The van der Waals surface area contributed by atoms with Crippen LogP contribution in [0.2, 0.25) is 0 Å². The Bertz CT molecular complexity index is 70.6. The maximum Gasteiger partial charge on any atom is 2.00 e. The summed E-state index contributed by atoms with van der Waals surface area (Å²) < 4.78 is 0. The van der Waals surface area contributed by atoms with E-state index in [2.05, 4.69) is 0 Å². The van der Waals surface area contributed by atoms with E-state index in [1.165, 1.54) is 0 Å². The topological polar surface area (TPSA) is 146 Å². The normalized spacial score (nSPS) is 5.33. The standard InChI is InChI=1S/2HN2O2.Sr/c2*1-2(3)4;/h2*(H-,1,3,4);/q2*-1;+2. The first-order valence-corrected chi connectivity index (χ1v) is 1.18. The number of rotatable bonds is 0. The van der Waals surface area contributed by atoms with E-state index in [0.717, 1.165) is 0 Å². The molecule has 8 nitrogen and oxygen atoms in total. The van der Waals surface area contributed by atoms with Crippen LogP contribution in [0.15, 0.2) is 0 Å². The van der Waals surface area contributed by atoms with E-state index in [1.807, 2.05) is 0 Å². The Morgan fingerprint density at radius 1 is 0.778 bits per heavy atom. The van der Waals surface area contributed by atoms with Gasteiger partial charge in [0.1, 0.15) is 0 Å². The van der Waals surface area contributed by atoms with Crippen LogP contribution in [0.4, 0.5) is 0 Å². The van der Waals surface area contributed by atoms with E-state index in [9.17, 15) is 0 Å². The zero-order valence-corrected chi connectivity index (χ0v) is 7.71. The maximum absolute atomic E-state index is 8.47. The molecule has 2 N–H and O–H groups in total. The molecule has 9 heteroatoms. The van der Waals surface area contributed by atoms with E-state index in [0.29, 0.717) is 0 Å². The quantitative estimate of drug-likeness (QED) is 0.319. The van der Waals surface area contributed by atoms with E-state index < -0.39 is 10.0 Å². The molecule has 0 saturated carbocycles. The zero-order valence-electron chi connectivity index (χ0n) is 4.23. The molecule has 0 aliphatic heterocycles. The molecule has 0 aliphatic rings. The van der Waals surface area contributed by atoms with Crippen LogP contribution in [0.25, 0.3) is 0 Å². The zero-order chi connectivity index (χ0) is 7.15. The monoisotopic (exact) mass is 210 g/mol. The second-order valence-corrected chi connectivity index (χ2v) is 0.514. The molecule has 0 aromatic heterocycles. The van der Waals surface area contributed by atoms with Crippen molar-refractivity contribution in [2.24, 2.45) is 0 Å². The summed E-state index contributed by atoms with van der Waals surface area (Å²) in [6.07, 6.45) is 0. The predicted octanol–water partition coefficient (Wildman–Crippen LogP) is -0.330. The van der Waals surface area contributed by atoms with Crippen molar-refractivity contribution >= 4 is 45.5 Å². The minimum absolute atomic E-state index is 0. The van der Waals surface area contributed by atoms with E-state index in [4.69, 9.17) is 31.9 Å². The van der Waals surface area contributed by atoms with E-state index in [-0.39, 0.29) is 45.5 Å². The number of hydrogen-bond acceptors (Lipinski definition) is 6. The molecule has 0 aromatic rings. The van der Waals surface area contributed by atoms with Gasteiger partial charge in [0, 0.05) is 0 Å². The van der Waals surface area contributed by atoms with Gasteiger partial charge in [-0.2, -0.15) is 0 Å². The Kier molecular flexibility index (Phi) is 19.1. The van der Waals surface area contributed by atoms with Crippen molar-refractivity contribution in [3.8, 4) is 0 Å². The van der Waals surface area contributed by atoms with Gasteiger partial charge in [0.2, 0.25) is 0 Å². The summed E-state index contributed by atoms with van der Waals surface area (Å²) in [5.74, 6) is 0. The van der Waals surface area contributed by atoms with Gasteiger partial charge in [0.15, 0.2) is 0 Å². The molecule has 0 rings (SSSR count). The van der Waals surface area contributed by atoms with Crippen LogP contribution in [0, 0.1) is 31.9 Å². The molecule has 0 bridgehead atoms. The summed E-state index contributed by atoms with van der Waals surface area (Å²) in [5.41, 5.74) is 10.6. The Hall–Kier alpha value is -0.119. The van der Waals surface area contributed by atoms with Gasteiger partial charge in [-0.1, -0.05) is 10.0 Å². The summed E-state index contributed by atoms with van der Waals surface area (Å²) >= 11 is 0. The molecular formula is H2N4O4Sr. The predicted molar refractivity (Wildman–Crippen MR) is 25.2 cm³/mol. The van der Waals surface area contributed by atoms with Gasteiger partial charge in [-0.15, -0.1) is 0 Å². The molecule has 0 saturated heterocycles. The molecule has 48 valence electrons. The molecular weight excluding hydrogens is 208 g/mol. The van der Waals surface area contributed by atoms with Crippen LogP contribution in [-0.4, -0.2) is 55.5 Å². The van der Waals surface area contributed by atoms with Crippen LogP contribution in [0.5, 0.6) is 0 Å². The molecule has 0 aromatic carbocycles. The van der Waals surface area contributed by atoms with Crippen molar-refractivity contribution in [2.75, 3.05) is 0 Å². The largest absolute Gasteiger partial charge is 2.00 e. The van der Waals surface area contributed by atoms with Crippen LogP contribution in [-0.2, 0) is 0 Å². The van der Waals surface area contributed by atoms with Gasteiger partial charge in [-0.25, -0.2) is 0 Å². The first-order valence-electron chi connectivity index (χ1n) is 1.18. The molecule has 0 aliphatic carbocycles. The van der Waals surface area contributed by atoms with Gasteiger partial charge in [-0.3, -0.25) is 0 Å². The number of hydrogen-bond donors (Lipinski definition) is 2. The Balaban J connectivity index is -0.0000000720. The summed E-state index contributed by atoms with van der Waals surface area (Å²) in [4.78, 5) is 0. The van der Waals surface area contributed by atoms with Gasteiger partial charge in [0.05, 0.1) is 0 Å². The van der Waals surface area contributed by atoms with Crippen LogP contribution in [0.1, 0.15) is 0 Å². The van der Waals surface area contributed by atoms with Crippen molar-refractivity contribution < 1.29 is 10.0 Å². The minimum atomic E-state index is -1.25. The van der Waals surface area contributed by atoms with Gasteiger partial charge < -0.3 is 20.8 Å². The number of nitrogens with one attached hydrogen (secondary N) is 2. The summed E-state index contributed by atoms with van der Waals surface area (Å²) in [7, 11) is 0. The fourth-order valence-corrected chi connectivity index (χ4v) is 0. The van der Waals surface area contributed by atoms with Crippen LogP contribution >= 0.6 is 0 Å². The Labute approximate surface area is 86.7 Å². The minimum Gasteiger partial charge on any atom is -0.588 e. The van der Waals surface area contributed by atoms with Crippen molar-refractivity contribution in [2.45, 2.75) is 0 Å². The van der Waals surface area contributed by atoms with Crippen molar-refractivity contribution in [3.63, 3.8) is 0 Å². The van der Waals surface area contributed by atoms with Crippen LogP contribution in [0.3, 0.4) is 0 Å². The molecule has 0 heterocycles. The molecule has 0 amide bonds. The van der Waals surface area contributed by atoms with E-state index >= 15 is 0 Å². The fraction of sp³-hybridized carbons (Fsp3) is 0. The Morgan fingerprint density at radius 3 is 0.778 bits per heavy atom. The first-order chi connectivity index (χ1) is 3.46. The SMILES string of the molecule is N=[N+]([O-])[O-].N=[N+]([O-])[O-].[Sr+2]. The third-order valence-corrected chi connectivity index (χ3v) is 0. The third-order valence-electron chi connectivity index (χ3n) is 0. The molecule has 0 fully saturated rings. The average Bonchev–Trinajstić information content (AvgIpc) is 1.25. The van der Waals surface area contributed by atoms with Crippen LogP contribution < -0.4 is 0 Å². The summed E-state index contributed by atoms with van der Waals surface area (Å²) in [5, 5.41) is 31.4. The fourth-order valence-electron chi connectivity index (χ4n) is 0. The first kappa shape index (κ1) is 15.9. The van der Waals surface area contributed by atoms with Gasteiger partial charge in [-0.05, 0) is 11.1 Å². The number of nitrogens with zero attached hydrogens (tertiary/aromatic N) is 2. The third kappa shape index (κ3) is 19100. The second kappa shape index (κ2) is 10.8. The molecule has 0 unspecified atom stereocenters. The van der Waals surface area contributed by atoms with Gasteiger partial charge >= 0.3 is 45.5 Å². The summed E-state index contributed by atoms with van der Waals surface area (Å²) in [6.45, 7) is 0. The Morgan fingerprint density at radius 2 is 0.778 bits per heavy atom. The van der Waals surface area contributed by atoms with Crippen molar-refractivity contribution in [1.82, 2.24) is 0 Å². The molecule has 0 radical (unpaired) electrons. The molecule has 0 atom stereocenters. The van der Waals surface area contributed by atoms with Crippen molar-refractivity contribution in [3.05, 3.63) is 20.8 Å². The average molecular weight is 210 g/mol. The van der Waals surface area contributed by atoms with E-state index in [1.54, 1.807) is 0 Å². The smallest absolute Gasteiger partial charge is 0.588 e. The summed E-state index contributed by atoms with van der Waals surface area (Å²) in [6, 6.07) is 0. The van der Waals surface area contributed by atoms with Gasteiger partial charge in [0.25, 0.3) is 0 Å². The second-order valence-electron chi connectivity index (χ2n) is 0.514. The maximum atomic E-state index is 8.47. The molecule has 0 spiro atoms.